The van der Waals surface area contributed by atoms with Crippen molar-refractivity contribution < 1.29 is 14.3 Å². The molecule has 212 valence electrons. The van der Waals surface area contributed by atoms with Crippen LogP contribution in [0.15, 0.2) is 52.8 Å². The molecule has 2 aromatic rings. The molecule has 39 heavy (non-hydrogen) atoms. The van der Waals surface area contributed by atoms with E-state index in [1.807, 2.05) is 59.7 Å². The number of ether oxygens (including phenoxy) is 1. The first-order valence-corrected chi connectivity index (χ1v) is 14.5. The molecular formula is C28H39ClN6O3S. The second kappa shape index (κ2) is 13.6. The van der Waals surface area contributed by atoms with E-state index in [0.29, 0.717) is 44.5 Å². The van der Waals surface area contributed by atoms with Gasteiger partial charge in [0.05, 0.1) is 25.2 Å². The van der Waals surface area contributed by atoms with Crippen LogP contribution in [0.25, 0.3) is 0 Å². The minimum absolute atomic E-state index is 0. The first-order valence-electron chi connectivity index (χ1n) is 13.6. The second-order valence-electron chi connectivity index (χ2n) is 10.4. The average Bonchev–Trinajstić information content (AvgIpc) is 3.62. The van der Waals surface area contributed by atoms with E-state index in [-0.39, 0.29) is 36.4 Å². The number of benzene rings is 1. The highest BCUT2D eigenvalue weighted by atomic mass is 35.5. The van der Waals surface area contributed by atoms with Gasteiger partial charge in [0.25, 0.3) is 6.02 Å². The Labute approximate surface area is 240 Å². The van der Waals surface area contributed by atoms with Gasteiger partial charge < -0.3 is 30.9 Å². The van der Waals surface area contributed by atoms with E-state index in [4.69, 9.17) is 15.5 Å². The Balaban J connectivity index is 0.00000353. The summed E-state index contributed by atoms with van der Waals surface area (Å²) in [5.74, 6) is 0.0984. The molecule has 4 atom stereocenters. The molecule has 0 unspecified atom stereocenters. The molecule has 11 heteroatoms. The Morgan fingerprint density at radius 3 is 2.67 bits per heavy atom. The zero-order valence-corrected chi connectivity index (χ0v) is 24.0. The number of amides is 2. The van der Waals surface area contributed by atoms with Crippen molar-refractivity contribution in [3.8, 4) is 0 Å². The molecule has 2 amide bonds. The maximum atomic E-state index is 13.6. The first-order chi connectivity index (χ1) is 18.5. The lowest BCUT2D eigenvalue weighted by molar-refractivity contribution is -0.144. The highest BCUT2D eigenvalue weighted by molar-refractivity contribution is 7.09. The molecule has 9 nitrogen and oxygen atoms in total. The van der Waals surface area contributed by atoms with Crippen molar-refractivity contribution >= 4 is 41.6 Å². The molecule has 0 radical (unpaired) electrons. The third kappa shape index (κ3) is 7.11. The first kappa shape index (κ1) is 29.3. The summed E-state index contributed by atoms with van der Waals surface area (Å²) in [6, 6.07) is 13.2. The number of hydrogen-bond acceptors (Lipinski definition) is 8. The van der Waals surface area contributed by atoms with E-state index in [2.05, 4.69) is 10.6 Å². The molecule has 3 aliphatic rings. The van der Waals surface area contributed by atoms with Gasteiger partial charge in [0.1, 0.15) is 12.1 Å². The maximum absolute atomic E-state index is 13.6. The Morgan fingerprint density at radius 2 is 1.95 bits per heavy atom. The van der Waals surface area contributed by atoms with E-state index >= 15 is 0 Å². The van der Waals surface area contributed by atoms with Gasteiger partial charge in [-0.15, -0.1) is 23.7 Å². The van der Waals surface area contributed by atoms with Crippen molar-refractivity contribution in [2.75, 3.05) is 32.7 Å². The van der Waals surface area contributed by atoms with Crippen LogP contribution < -0.4 is 16.4 Å². The summed E-state index contributed by atoms with van der Waals surface area (Å²) in [5, 5.41) is 8.38. The topological polar surface area (TPSA) is 112 Å². The quantitative estimate of drug-likeness (QED) is 0.468. The van der Waals surface area contributed by atoms with Gasteiger partial charge in [-0.25, -0.2) is 4.99 Å². The van der Waals surface area contributed by atoms with Crippen molar-refractivity contribution in [1.82, 2.24) is 20.4 Å². The van der Waals surface area contributed by atoms with Crippen LogP contribution in [0, 0.1) is 5.92 Å². The lowest BCUT2D eigenvalue weighted by Crippen LogP contribution is -2.63. The molecule has 1 aromatic carbocycles. The van der Waals surface area contributed by atoms with Crippen LogP contribution in [0.1, 0.15) is 42.7 Å². The normalized spacial score (nSPS) is 24.4. The lowest BCUT2D eigenvalue weighted by Gasteiger charge is -2.42. The minimum Gasteiger partial charge on any atom is -0.455 e. The number of carbonyl (C=O) groups excluding carboxylic acids is 2. The number of piperazine rings is 1. The van der Waals surface area contributed by atoms with E-state index in [1.54, 1.807) is 16.2 Å². The Bertz CT molecular complexity index is 1110. The summed E-state index contributed by atoms with van der Waals surface area (Å²) < 4.78 is 6.30. The van der Waals surface area contributed by atoms with Gasteiger partial charge in [0.2, 0.25) is 11.8 Å². The standard InChI is InChI=1S/C28H38N6O3S.ClH/c1-19-25(21-6-3-2-4-7-21)37-28(32-19)33-13-14-34(27(36)23(29)16-20-9-11-30-12-10-20)24(18-33)26(35)31-17-22-8-5-15-38-22;/h2-8,15,19-20,23-25,30H,9-14,16-18,29H2,1H3,(H,31,35);1H/t19-,23+,24-,25+;/m0./s1. The number of halogens is 1. The SMILES string of the molecule is C[C@@H]1N=C(N2CCN(C(=O)[C@H](N)CC3CCNCC3)[C@H](C(=O)NCc3cccs3)C2)O[C@H]1c1ccccc1.Cl. The molecule has 3 aliphatic heterocycles. The summed E-state index contributed by atoms with van der Waals surface area (Å²) in [6.45, 7) is 5.63. The third-order valence-electron chi connectivity index (χ3n) is 7.73. The number of piperidine rings is 1. The van der Waals surface area contributed by atoms with Gasteiger partial charge in [-0.1, -0.05) is 36.4 Å². The zero-order chi connectivity index (χ0) is 26.5. The summed E-state index contributed by atoms with van der Waals surface area (Å²) in [4.78, 5) is 36.6. The smallest absolute Gasteiger partial charge is 0.288 e. The molecule has 0 bridgehead atoms. The molecular weight excluding hydrogens is 536 g/mol. The van der Waals surface area contributed by atoms with Crippen molar-refractivity contribution in [2.45, 2.75) is 57.0 Å². The van der Waals surface area contributed by atoms with E-state index in [1.165, 1.54) is 0 Å². The number of carbonyl (C=O) groups is 2. The number of nitrogens with one attached hydrogen (secondary N) is 2. The van der Waals surface area contributed by atoms with Crippen LogP contribution in [0.5, 0.6) is 0 Å². The Kier molecular flexibility index (Phi) is 10.2. The summed E-state index contributed by atoms with van der Waals surface area (Å²) in [7, 11) is 0. The molecule has 2 saturated heterocycles. The number of aliphatic imine (C=N–C) groups is 1. The number of hydrogen-bond donors (Lipinski definition) is 3. The fraction of sp³-hybridized carbons (Fsp3) is 0.536. The van der Waals surface area contributed by atoms with Crippen LogP contribution >= 0.6 is 23.7 Å². The molecule has 0 saturated carbocycles. The summed E-state index contributed by atoms with van der Waals surface area (Å²) >= 11 is 1.59. The van der Waals surface area contributed by atoms with Crippen molar-refractivity contribution in [3.63, 3.8) is 0 Å². The van der Waals surface area contributed by atoms with Crippen LogP contribution in [0.4, 0.5) is 0 Å². The molecule has 4 heterocycles. The van der Waals surface area contributed by atoms with Crippen LogP contribution in [-0.4, -0.2) is 78.5 Å². The third-order valence-corrected chi connectivity index (χ3v) is 8.61. The van der Waals surface area contributed by atoms with Crippen LogP contribution in [-0.2, 0) is 20.9 Å². The monoisotopic (exact) mass is 574 g/mol. The average molecular weight is 575 g/mol. The summed E-state index contributed by atoms with van der Waals surface area (Å²) in [6.07, 6.45) is 2.53. The van der Waals surface area contributed by atoms with Gasteiger partial charge in [-0.05, 0) is 62.2 Å². The molecule has 0 spiro atoms. The maximum Gasteiger partial charge on any atom is 0.288 e. The molecule has 4 N–H and O–H groups in total. The van der Waals surface area contributed by atoms with Crippen LogP contribution in [0.3, 0.4) is 0 Å². The number of amidine groups is 1. The Hall–Kier alpha value is -2.66. The number of nitrogens with zero attached hydrogens (tertiary/aromatic N) is 3. The van der Waals surface area contributed by atoms with Crippen molar-refractivity contribution in [3.05, 3.63) is 58.3 Å². The van der Waals surface area contributed by atoms with Crippen molar-refractivity contribution in [1.29, 1.82) is 0 Å². The van der Waals surface area contributed by atoms with E-state index < -0.39 is 12.1 Å². The lowest BCUT2D eigenvalue weighted by atomic mass is 9.90. The molecule has 2 fully saturated rings. The summed E-state index contributed by atoms with van der Waals surface area (Å²) in [5.41, 5.74) is 7.52. The largest absolute Gasteiger partial charge is 0.455 e. The van der Waals surface area contributed by atoms with Gasteiger partial charge in [0.15, 0.2) is 0 Å². The predicted molar refractivity (Wildman–Crippen MR) is 156 cm³/mol. The second-order valence-corrected chi connectivity index (χ2v) is 11.5. The van der Waals surface area contributed by atoms with Crippen molar-refractivity contribution in [2.24, 2.45) is 16.6 Å². The predicted octanol–water partition coefficient (Wildman–Crippen LogP) is 2.53. The van der Waals surface area contributed by atoms with Gasteiger partial charge >= 0.3 is 0 Å². The molecule has 5 rings (SSSR count). The highest BCUT2D eigenvalue weighted by Crippen LogP contribution is 2.30. The van der Waals surface area contributed by atoms with E-state index in [0.717, 1.165) is 36.4 Å². The Morgan fingerprint density at radius 1 is 1.18 bits per heavy atom. The zero-order valence-electron chi connectivity index (χ0n) is 22.3. The van der Waals surface area contributed by atoms with Gasteiger partial charge in [-0.3, -0.25) is 9.59 Å². The number of nitrogens with two attached hydrogens (primary N) is 1. The molecule has 0 aliphatic carbocycles. The fourth-order valence-corrected chi connectivity index (χ4v) is 6.21. The highest BCUT2D eigenvalue weighted by Gasteiger charge is 2.41. The number of rotatable bonds is 7. The van der Waals surface area contributed by atoms with Gasteiger partial charge in [0, 0.05) is 18.0 Å². The molecule has 1 aromatic heterocycles. The minimum atomic E-state index is -0.673. The number of thiophene rings is 1. The van der Waals surface area contributed by atoms with Crippen LogP contribution in [0.2, 0.25) is 0 Å². The van der Waals surface area contributed by atoms with Gasteiger partial charge in [-0.2, -0.15) is 0 Å². The van der Waals surface area contributed by atoms with E-state index in [9.17, 15) is 9.59 Å². The fourth-order valence-electron chi connectivity index (χ4n) is 5.57.